The minimum Gasteiger partial charge on any atom is -0.508 e. The van der Waals surface area contributed by atoms with Gasteiger partial charge in [-0.1, -0.05) is 37.6 Å². The van der Waals surface area contributed by atoms with Crippen LogP contribution in [0.25, 0.3) is 11.1 Å². The van der Waals surface area contributed by atoms with Gasteiger partial charge in [-0.3, -0.25) is 0 Å². The van der Waals surface area contributed by atoms with Crippen molar-refractivity contribution in [3.05, 3.63) is 53.8 Å². The summed E-state index contributed by atoms with van der Waals surface area (Å²) in [6.07, 6.45) is 2.09. The van der Waals surface area contributed by atoms with E-state index < -0.39 is 5.82 Å². The molecule has 1 N–H and O–H groups in total. The molecule has 0 saturated carbocycles. The van der Waals surface area contributed by atoms with Gasteiger partial charge in [0.25, 0.3) is 0 Å². The molecule has 0 aromatic heterocycles. The molecule has 0 fully saturated rings. The summed E-state index contributed by atoms with van der Waals surface area (Å²) >= 11 is 0. The number of phenols is 1. The summed E-state index contributed by atoms with van der Waals surface area (Å²) in [6, 6.07) is 12.1. The Morgan fingerprint density at radius 1 is 1.06 bits per heavy atom. The molecule has 0 radical (unpaired) electrons. The van der Waals surface area contributed by atoms with Gasteiger partial charge in [0, 0.05) is 6.07 Å². The van der Waals surface area contributed by atoms with Crippen molar-refractivity contribution < 1.29 is 9.50 Å². The lowest BCUT2D eigenvalue weighted by Crippen LogP contribution is -1.85. The van der Waals surface area contributed by atoms with Gasteiger partial charge >= 0.3 is 0 Å². The van der Waals surface area contributed by atoms with Gasteiger partial charge in [0.05, 0.1) is 0 Å². The molecular formula is C15H15FO. The fourth-order valence-electron chi connectivity index (χ4n) is 1.94. The molecule has 0 unspecified atom stereocenters. The van der Waals surface area contributed by atoms with E-state index in [9.17, 15) is 9.50 Å². The molecule has 0 bridgehead atoms. The van der Waals surface area contributed by atoms with Crippen molar-refractivity contribution in [1.82, 2.24) is 0 Å². The van der Waals surface area contributed by atoms with E-state index in [4.69, 9.17) is 0 Å². The summed E-state index contributed by atoms with van der Waals surface area (Å²) in [5.41, 5.74) is 2.87. The lowest BCUT2D eigenvalue weighted by Gasteiger charge is -2.05. The summed E-state index contributed by atoms with van der Waals surface area (Å²) < 4.78 is 13.2. The van der Waals surface area contributed by atoms with E-state index in [1.54, 1.807) is 6.07 Å². The Morgan fingerprint density at radius 3 is 2.59 bits per heavy atom. The first-order chi connectivity index (χ1) is 8.19. The molecule has 0 spiro atoms. The van der Waals surface area contributed by atoms with Gasteiger partial charge in [-0.2, -0.15) is 0 Å². The number of rotatable bonds is 3. The van der Waals surface area contributed by atoms with Crippen LogP contribution in [-0.4, -0.2) is 5.11 Å². The van der Waals surface area contributed by atoms with Crippen LogP contribution in [0.15, 0.2) is 42.5 Å². The molecule has 0 amide bonds. The van der Waals surface area contributed by atoms with E-state index >= 15 is 0 Å². The predicted molar refractivity (Wildman–Crippen MR) is 67.5 cm³/mol. The largest absolute Gasteiger partial charge is 0.508 e. The van der Waals surface area contributed by atoms with Crippen LogP contribution in [0.3, 0.4) is 0 Å². The molecule has 0 heterocycles. The molecule has 0 aliphatic carbocycles. The highest BCUT2D eigenvalue weighted by Crippen LogP contribution is 2.25. The van der Waals surface area contributed by atoms with E-state index in [1.807, 2.05) is 18.2 Å². The van der Waals surface area contributed by atoms with Crippen LogP contribution < -0.4 is 0 Å². The summed E-state index contributed by atoms with van der Waals surface area (Å²) in [5.74, 6) is -0.457. The van der Waals surface area contributed by atoms with Crippen molar-refractivity contribution in [1.29, 1.82) is 0 Å². The molecule has 2 rings (SSSR count). The third-order valence-electron chi connectivity index (χ3n) is 2.68. The van der Waals surface area contributed by atoms with E-state index in [1.165, 1.54) is 11.6 Å². The molecule has 2 heteroatoms. The minimum absolute atomic E-state index is 0.0408. The number of hydrogen-bond donors (Lipinski definition) is 1. The maximum atomic E-state index is 13.2. The van der Waals surface area contributed by atoms with E-state index in [0.717, 1.165) is 24.5 Å². The summed E-state index contributed by atoms with van der Waals surface area (Å²) in [7, 11) is 0. The standard InChI is InChI=1S/C15H15FO/c1-2-4-11-5-3-6-12(7-11)13-8-14(16)10-15(17)9-13/h3,5-10,17H,2,4H2,1H3. The average molecular weight is 230 g/mol. The zero-order valence-electron chi connectivity index (χ0n) is 9.78. The van der Waals surface area contributed by atoms with Crippen LogP contribution in [0, 0.1) is 5.82 Å². The smallest absolute Gasteiger partial charge is 0.127 e. The van der Waals surface area contributed by atoms with Gasteiger partial charge in [-0.15, -0.1) is 0 Å². The summed E-state index contributed by atoms with van der Waals surface area (Å²) in [5, 5.41) is 9.39. The molecular weight excluding hydrogens is 215 g/mol. The maximum absolute atomic E-state index is 13.2. The van der Waals surface area contributed by atoms with E-state index in [0.29, 0.717) is 5.56 Å². The molecule has 0 saturated heterocycles. The monoisotopic (exact) mass is 230 g/mol. The van der Waals surface area contributed by atoms with Gasteiger partial charge < -0.3 is 5.11 Å². The van der Waals surface area contributed by atoms with Crippen LogP contribution in [0.5, 0.6) is 5.75 Å². The van der Waals surface area contributed by atoms with Crippen LogP contribution in [-0.2, 0) is 6.42 Å². The zero-order valence-corrected chi connectivity index (χ0v) is 9.78. The zero-order chi connectivity index (χ0) is 12.3. The normalized spacial score (nSPS) is 10.5. The second-order valence-corrected chi connectivity index (χ2v) is 4.15. The van der Waals surface area contributed by atoms with Gasteiger partial charge in [-0.25, -0.2) is 4.39 Å². The van der Waals surface area contributed by atoms with Crippen molar-refractivity contribution >= 4 is 0 Å². The van der Waals surface area contributed by atoms with Gasteiger partial charge in [0.1, 0.15) is 11.6 Å². The molecule has 88 valence electrons. The summed E-state index contributed by atoms with van der Waals surface area (Å²) in [6.45, 7) is 2.13. The highest BCUT2D eigenvalue weighted by Gasteiger charge is 2.03. The molecule has 0 aliphatic rings. The third-order valence-corrected chi connectivity index (χ3v) is 2.68. The molecule has 2 aromatic rings. The first kappa shape index (κ1) is 11.6. The highest BCUT2D eigenvalue weighted by molar-refractivity contribution is 5.65. The van der Waals surface area contributed by atoms with Crippen molar-refractivity contribution in [2.75, 3.05) is 0 Å². The maximum Gasteiger partial charge on any atom is 0.127 e. The topological polar surface area (TPSA) is 20.2 Å². The van der Waals surface area contributed by atoms with Gasteiger partial charge in [0.15, 0.2) is 0 Å². The molecule has 1 nitrogen and oxygen atoms in total. The second kappa shape index (κ2) is 5.00. The Bertz CT molecular complexity index is 500. The Balaban J connectivity index is 2.41. The van der Waals surface area contributed by atoms with Gasteiger partial charge in [-0.05, 0) is 35.2 Å². The molecule has 0 aliphatic heterocycles. The number of phenolic OH excluding ortho intramolecular Hbond substituents is 1. The third kappa shape index (κ3) is 2.84. The Hall–Kier alpha value is -1.83. The SMILES string of the molecule is CCCc1cccc(-c2cc(O)cc(F)c2)c1. The lowest BCUT2D eigenvalue weighted by molar-refractivity contribution is 0.469. The Kier molecular flexibility index (Phi) is 3.43. The van der Waals surface area contributed by atoms with E-state index in [2.05, 4.69) is 13.0 Å². The van der Waals surface area contributed by atoms with Crippen LogP contribution in [0.1, 0.15) is 18.9 Å². The first-order valence-corrected chi connectivity index (χ1v) is 5.78. The number of benzene rings is 2. The summed E-state index contributed by atoms with van der Waals surface area (Å²) in [4.78, 5) is 0. The van der Waals surface area contributed by atoms with Crippen molar-refractivity contribution in [2.24, 2.45) is 0 Å². The highest BCUT2D eigenvalue weighted by atomic mass is 19.1. The van der Waals surface area contributed by atoms with Crippen molar-refractivity contribution in [2.45, 2.75) is 19.8 Å². The number of hydrogen-bond acceptors (Lipinski definition) is 1. The average Bonchev–Trinajstić information content (AvgIpc) is 2.28. The molecule has 2 aromatic carbocycles. The predicted octanol–water partition coefficient (Wildman–Crippen LogP) is 4.15. The van der Waals surface area contributed by atoms with E-state index in [-0.39, 0.29) is 5.75 Å². The number of aryl methyl sites for hydroxylation is 1. The second-order valence-electron chi connectivity index (χ2n) is 4.15. The minimum atomic E-state index is -0.416. The fourth-order valence-corrected chi connectivity index (χ4v) is 1.94. The molecule has 17 heavy (non-hydrogen) atoms. The first-order valence-electron chi connectivity index (χ1n) is 5.78. The Labute approximate surface area is 101 Å². The molecule has 0 atom stereocenters. The van der Waals surface area contributed by atoms with Crippen molar-refractivity contribution in [3.63, 3.8) is 0 Å². The quantitative estimate of drug-likeness (QED) is 0.839. The van der Waals surface area contributed by atoms with Gasteiger partial charge in [0.2, 0.25) is 0 Å². The lowest BCUT2D eigenvalue weighted by atomic mass is 10.0. The number of halogens is 1. The fraction of sp³-hybridized carbons (Fsp3) is 0.200. The van der Waals surface area contributed by atoms with Crippen molar-refractivity contribution in [3.8, 4) is 16.9 Å². The van der Waals surface area contributed by atoms with Crippen LogP contribution >= 0.6 is 0 Å². The van der Waals surface area contributed by atoms with Crippen LogP contribution in [0.4, 0.5) is 4.39 Å². The number of aromatic hydroxyl groups is 1. The van der Waals surface area contributed by atoms with Crippen LogP contribution in [0.2, 0.25) is 0 Å². The Morgan fingerprint density at radius 2 is 1.88 bits per heavy atom.